The number of hydrogen-bond donors (Lipinski definition) is 3. The topological polar surface area (TPSA) is 116 Å². The first-order valence-electron chi connectivity index (χ1n) is 11.0. The Kier molecular flexibility index (Phi) is 6.58. The number of carbonyl (C=O) groups is 2. The third kappa shape index (κ3) is 5.31. The number of piperidine rings is 1. The van der Waals surface area contributed by atoms with Crippen LogP contribution in [-0.4, -0.2) is 46.0 Å². The van der Waals surface area contributed by atoms with E-state index < -0.39 is 11.2 Å². The van der Waals surface area contributed by atoms with Crippen LogP contribution in [0.25, 0.3) is 10.9 Å². The first kappa shape index (κ1) is 22.3. The van der Waals surface area contributed by atoms with E-state index in [1.54, 1.807) is 29.2 Å². The molecule has 0 spiro atoms. The number of aromatic amines is 1. The Hall–Kier alpha value is -3.88. The van der Waals surface area contributed by atoms with Crippen molar-refractivity contribution in [2.24, 2.45) is 5.92 Å². The number of aryl methyl sites for hydroxylation is 1. The number of rotatable bonds is 5. The predicted octanol–water partition coefficient (Wildman–Crippen LogP) is 2.06. The summed E-state index contributed by atoms with van der Waals surface area (Å²) in [5.74, 6) is -0.190. The van der Waals surface area contributed by atoms with Crippen LogP contribution in [0.15, 0.2) is 58.1 Å². The molecule has 1 unspecified atom stereocenters. The number of fused-ring (bicyclic) bond motifs is 1. The minimum absolute atomic E-state index is 0.0954. The van der Waals surface area contributed by atoms with Crippen LogP contribution in [0.2, 0.25) is 0 Å². The van der Waals surface area contributed by atoms with E-state index >= 15 is 0 Å². The van der Waals surface area contributed by atoms with Gasteiger partial charge >= 0.3 is 11.7 Å². The van der Waals surface area contributed by atoms with Crippen molar-refractivity contribution in [3.05, 3.63) is 74.9 Å². The Labute approximate surface area is 190 Å². The third-order valence-electron chi connectivity index (χ3n) is 5.92. The average Bonchev–Trinajstić information content (AvgIpc) is 2.82. The summed E-state index contributed by atoms with van der Waals surface area (Å²) < 4.78 is 0.946. The molecule has 2 heterocycles. The number of amides is 3. The molecule has 9 heteroatoms. The number of nitrogens with zero attached hydrogens (tertiary/aromatic N) is 2. The summed E-state index contributed by atoms with van der Waals surface area (Å²) in [4.78, 5) is 54.5. The molecule has 9 nitrogen and oxygen atoms in total. The van der Waals surface area contributed by atoms with Gasteiger partial charge in [0.1, 0.15) is 6.54 Å². The molecule has 1 aromatic heterocycles. The molecule has 4 rings (SSSR count). The quantitative estimate of drug-likeness (QED) is 0.553. The van der Waals surface area contributed by atoms with E-state index in [0.29, 0.717) is 36.2 Å². The molecule has 0 bridgehead atoms. The number of likely N-dealkylation sites (tertiary alicyclic amines) is 1. The highest BCUT2D eigenvalue weighted by Crippen LogP contribution is 2.16. The lowest BCUT2D eigenvalue weighted by Crippen LogP contribution is -2.47. The predicted molar refractivity (Wildman–Crippen MR) is 126 cm³/mol. The molecule has 3 aromatic rings. The second kappa shape index (κ2) is 9.72. The van der Waals surface area contributed by atoms with Gasteiger partial charge in [0.15, 0.2) is 0 Å². The van der Waals surface area contributed by atoms with E-state index in [2.05, 4.69) is 15.6 Å². The Morgan fingerprint density at radius 1 is 1.09 bits per heavy atom. The second-order valence-electron chi connectivity index (χ2n) is 8.42. The van der Waals surface area contributed by atoms with Gasteiger partial charge in [0.05, 0.1) is 10.9 Å². The van der Waals surface area contributed by atoms with Crippen LogP contribution in [0.3, 0.4) is 0 Å². The Balaban J connectivity index is 1.34. The first-order chi connectivity index (χ1) is 15.9. The van der Waals surface area contributed by atoms with E-state index in [1.807, 2.05) is 31.2 Å². The lowest BCUT2D eigenvalue weighted by atomic mass is 9.98. The van der Waals surface area contributed by atoms with Crippen molar-refractivity contribution >= 4 is 28.5 Å². The molecule has 0 radical (unpaired) electrons. The van der Waals surface area contributed by atoms with Crippen molar-refractivity contribution in [1.82, 2.24) is 19.8 Å². The van der Waals surface area contributed by atoms with Crippen LogP contribution in [0.5, 0.6) is 0 Å². The maximum atomic E-state index is 12.9. The maximum absolute atomic E-state index is 12.9. The highest BCUT2D eigenvalue weighted by atomic mass is 16.2. The number of carbonyl (C=O) groups excluding carboxylic acids is 2. The van der Waals surface area contributed by atoms with Gasteiger partial charge in [0, 0.05) is 25.3 Å². The smallest absolute Gasteiger partial charge is 0.329 e. The summed E-state index contributed by atoms with van der Waals surface area (Å²) in [5, 5.41) is 6.03. The molecule has 1 fully saturated rings. The zero-order valence-electron chi connectivity index (χ0n) is 18.5. The van der Waals surface area contributed by atoms with E-state index in [-0.39, 0.29) is 24.4 Å². The molecule has 1 atom stereocenters. The fraction of sp³-hybridized carbons (Fsp3) is 0.333. The molecule has 2 aromatic carbocycles. The van der Waals surface area contributed by atoms with Gasteiger partial charge in [-0.25, -0.2) is 9.59 Å². The molecule has 0 aliphatic carbocycles. The van der Waals surface area contributed by atoms with Gasteiger partial charge in [0.25, 0.3) is 5.56 Å². The molecule has 0 saturated carbocycles. The first-order valence-corrected chi connectivity index (χ1v) is 11.0. The average molecular weight is 450 g/mol. The number of nitrogens with one attached hydrogen (secondary N) is 3. The fourth-order valence-corrected chi connectivity index (χ4v) is 4.09. The molecule has 172 valence electrons. The molecule has 1 aliphatic heterocycles. The second-order valence-corrected chi connectivity index (χ2v) is 8.42. The number of hydrogen-bond acceptors (Lipinski definition) is 4. The summed E-state index contributed by atoms with van der Waals surface area (Å²) >= 11 is 0. The number of aromatic nitrogens is 2. The van der Waals surface area contributed by atoms with Gasteiger partial charge in [-0.3, -0.25) is 14.2 Å². The van der Waals surface area contributed by atoms with E-state index in [0.717, 1.165) is 23.0 Å². The summed E-state index contributed by atoms with van der Waals surface area (Å²) in [6.45, 7) is 3.12. The third-order valence-corrected chi connectivity index (χ3v) is 5.92. The standard InChI is InChI=1S/C24H27N5O4/c1-16-8-10-18(11-9-16)26-23(32)25-13-17-5-4-12-28(14-17)21(30)15-29-22(31)19-6-2-3-7-20(19)27-24(29)33/h2-3,6-11,17H,4-5,12-15H2,1H3,(H,27,33)(H2,25,26,32). The lowest BCUT2D eigenvalue weighted by molar-refractivity contribution is -0.133. The van der Waals surface area contributed by atoms with Gasteiger partial charge in [0.2, 0.25) is 5.91 Å². The van der Waals surface area contributed by atoms with Crippen LogP contribution in [0.4, 0.5) is 10.5 Å². The highest BCUT2D eigenvalue weighted by Gasteiger charge is 2.25. The van der Waals surface area contributed by atoms with Crippen molar-refractivity contribution in [2.45, 2.75) is 26.3 Å². The van der Waals surface area contributed by atoms with Crippen LogP contribution in [-0.2, 0) is 11.3 Å². The minimum atomic E-state index is -0.602. The fourth-order valence-electron chi connectivity index (χ4n) is 4.09. The minimum Gasteiger partial charge on any atom is -0.341 e. The summed E-state index contributed by atoms with van der Waals surface area (Å²) in [6.07, 6.45) is 1.67. The molecule has 1 aliphatic rings. The molecule has 3 amide bonds. The summed E-state index contributed by atoms with van der Waals surface area (Å²) in [7, 11) is 0. The SMILES string of the molecule is Cc1ccc(NC(=O)NCC2CCCN(C(=O)Cn3c(=O)[nH]c4ccccc4c3=O)C2)cc1. The normalized spacial score (nSPS) is 15.9. The van der Waals surface area contributed by atoms with Crippen molar-refractivity contribution in [3.8, 4) is 0 Å². The van der Waals surface area contributed by atoms with Crippen LogP contribution in [0, 0.1) is 12.8 Å². The van der Waals surface area contributed by atoms with Crippen molar-refractivity contribution < 1.29 is 9.59 Å². The van der Waals surface area contributed by atoms with Crippen molar-refractivity contribution in [3.63, 3.8) is 0 Å². The van der Waals surface area contributed by atoms with Crippen LogP contribution >= 0.6 is 0 Å². The largest absolute Gasteiger partial charge is 0.341 e. The maximum Gasteiger partial charge on any atom is 0.329 e. The van der Waals surface area contributed by atoms with Gasteiger partial charge in [-0.05, 0) is 49.9 Å². The number of H-pyrrole nitrogens is 1. The molecular formula is C24H27N5O4. The highest BCUT2D eigenvalue weighted by molar-refractivity contribution is 5.89. The van der Waals surface area contributed by atoms with Gasteiger partial charge < -0.3 is 20.5 Å². The number of para-hydroxylation sites is 1. The van der Waals surface area contributed by atoms with Gasteiger partial charge in [-0.1, -0.05) is 29.8 Å². The van der Waals surface area contributed by atoms with Gasteiger partial charge in [-0.2, -0.15) is 0 Å². The van der Waals surface area contributed by atoms with E-state index in [1.165, 1.54) is 0 Å². The Morgan fingerprint density at radius 2 is 1.85 bits per heavy atom. The van der Waals surface area contributed by atoms with Crippen molar-refractivity contribution in [1.29, 1.82) is 0 Å². The molecule has 33 heavy (non-hydrogen) atoms. The van der Waals surface area contributed by atoms with Crippen LogP contribution < -0.4 is 21.9 Å². The van der Waals surface area contributed by atoms with E-state index in [4.69, 9.17) is 0 Å². The summed E-state index contributed by atoms with van der Waals surface area (Å²) in [6, 6.07) is 14.0. The number of anilines is 1. The Morgan fingerprint density at radius 3 is 2.64 bits per heavy atom. The van der Waals surface area contributed by atoms with Crippen LogP contribution in [0.1, 0.15) is 18.4 Å². The zero-order valence-corrected chi connectivity index (χ0v) is 18.5. The lowest BCUT2D eigenvalue weighted by Gasteiger charge is -2.33. The molecular weight excluding hydrogens is 422 g/mol. The van der Waals surface area contributed by atoms with E-state index in [9.17, 15) is 19.2 Å². The van der Waals surface area contributed by atoms with Crippen molar-refractivity contribution in [2.75, 3.05) is 25.0 Å². The van der Waals surface area contributed by atoms with Gasteiger partial charge in [-0.15, -0.1) is 0 Å². The summed E-state index contributed by atoms with van der Waals surface area (Å²) in [5.41, 5.74) is 1.19. The number of benzene rings is 2. The molecule has 3 N–H and O–H groups in total. The monoisotopic (exact) mass is 449 g/mol. The number of urea groups is 1. The zero-order chi connectivity index (χ0) is 23.4. The Bertz CT molecular complexity index is 1280. The molecule has 1 saturated heterocycles.